The van der Waals surface area contributed by atoms with Crippen molar-refractivity contribution >= 4 is 34.7 Å². The topological polar surface area (TPSA) is 74.7 Å². The first-order valence-electron chi connectivity index (χ1n) is 9.91. The normalized spacial score (nSPS) is 13.3. The smallest absolute Gasteiger partial charge is 0.244 e. The van der Waals surface area contributed by atoms with E-state index in [1.54, 1.807) is 18.3 Å². The molecule has 4 rings (SSSR count). The number of carbonyl (C=O) groups excluding carboxylic acids is 2. The van der Waals surface area contributed by atoms with Crippen LogP contribution in [0, 0.1) is 0 Å². The molecule has 0 atom stereocenters. The van der Waals surface area contributed by atoms with Crippen molar-refractivity contribution in [3.05, 3.63) is 84.1 Å². The van der Waals surface area contributed by atoms with Gasteiger partial charge in [-0.15, -0.1) is 0 Å². The molecular weight excluding hydrogens is 376 g/mol. The van der Waals surface area contributed by atoms with Crippen LogP contribution in [0.1, 0.15) is 24.5 Å². The van der Waals surface area contributed by atoms with Crippen molar-refractivity contribution in [2.75, 3.05) is 16.8 Å². The van der Waals surface area contributed by atoms with Crippen molar-refractivity contribution in [2.24, 2.45) is 4.99 Å². The van der Waals surface area contributed by atoms with Crippen LogP contribution in [-0.2, 0) is 16.0 Å². The fourth-order valence-electron chi connectivity index (χ4n) is 3.40. The lowest BCUT2D eigenvalue weighted by molar-refractivity contribution is -0.120. The van der Waals surface area contributed by atoms with Gasteiger partial charge >= 0.3 is 0 Å². The van der Waals surface area contributed by atoms with Gasteiger partial charge in [-0.2, -0.15) is 0 Å². The van der Waals surface area contributed by atoms with Gasteiger partial charge < -0.3 is 5.32 Å². The molecule has 2 heterocycles. The fourth-order valence-corrected chi connectivity index (χ4v) is 3.40. The zero-order valence-corrected chi connectivity index (χ0v) is 16.7. The number of fused-ring (bicyclic) bond motifs is 1. The number of amides is 2. The molecule has 0 saturated heterocycles. The van der Waals surface area contributed by atoms with E-state index >= 15 is 0 Å². The second-order valence-corrected chi connectivity index (χ2v) is 7.03. The van der Waals surface area contributed by atoms with Gasteiger partial charge in [-0.05, 0) is 41.8 Å². The summed E-state index contributed by atoms with van der Waals surface area (Å²) in [6.45, 7) is 1.93. The maximum atomic E-state index is 13.1. The number of hydrogen-bond acceptors (Lipinski definition) is 4. The van der Waals surface area contributed by atoms with Crippen LogP contribution in [-0.4, -0.2) is 29.1 Å². The maximum Gasteiger partial charge on any atom is 0.244 e. The van der Waals surface area contributed by atoms with Crippen LogP contribution in [0.4, 0.5) is 17.2 Å². The van der Waals surface area contributed by atoms with Crippen molar-refractivity contribution < 1.29 is 9.59 Å². The Kier molecular flexibility index (Phi) is 5.66. The molecule has 2 aromatic carbocycles. The zero-order chi connectivity index (χ0) is 20.9. The van der Waals surface area contributed by atoms with Gasteiger partial charge in [-0.1, -0.05) is 49.4 Å². The second kappa shape index (κ2) is 8.69. The summed E-state index contributed by atoms with van der Waals surface area (Å²) in [5.74, 6) is -0.102. The van der Waals surface area contributed by atoms with Crippen molar-refractivity contribution in [3.8, 4) is 0 Å². The summed E-state index contributed by atoms with van der Waals surface area (Å²) in [4.78, 5) is 36.2. The monoisotopic (exact) mass is 398 g/mol. The first kappa shape index (κ1) is 19.5. The Balaban J connectivity index is 1.59. The van der Waals surface area contributed by atoms with Crippen molar-refractivity contribution in [1.82, 2.24) is 4.98 Å². The number of rotatable bonds is 5. The minimum Gasteiger partial charge on any atom is -0.325 e. The van der Waals surface area contributed by atoms with E-state index in [1.165, 1.54) is 4.90 Å². The molecule has 6 nitrogen and oxygen atoms in total. The lowest BCUT2D eigenvalue weighted by atomic mass is 10.1. The Morgan fingerprint density at radius 3 is 2.70 bits per heavy atom. The highest BCUT2D eigenvalue weighted by atomic mass is 16.2. The molecule has 0 spiro atoms. The average molecular weight is 398 g/mol. The Bertz CT molecular complexity index is 1110. The number of aliphatic imine (C=N–C) groups is 1. The van der Waals surface area contributed by atoms with Gasteiger partial charge in [0.2, 0.25) is 11.8 Å². The molecule has 3 aromatic rings. The Morgan fingerprint density at radius 1 is 1.07 bits per heavy atom. The largest absolute Gasteiger partial charge is 0.325 e. The highest BCUT2D eigenvalue weighted by molar-refractivity contribution is 6.18. The second-order valence-electron chi connectivity index (χ2n) is 7.03. The van der Waals surface area contributed by atoms with E-state index in [1.807, 2.05) is 54.6 Å². The number of benzene rings is 2. The van der Waals surface area contributed by atoms with Gasteiger partial charge in [0.25, 0.3) is 0 Å². The summed E-state index contributed by atoms with van der Waals surface area (Å²) in [7, 11) is 0. The summed E-state index contributed by atoms with van der Waals surface area (Å²) < 4.78 is 0. The van der Waals surface area contributed by atoms with Crippen LogP contribution in [0.15, 0.2) is 77.9 Å². The van der Waals surface area contributed by atoms with Crippen LogP contribution in [0.25, 0.3) is 0 Å². The van der Waals surface area contributed by atoms with Crippen molar-refractivity contribution in [1.29, 1.82) is 0 Å². The number of nitrogens with one attached hydrogen (secondary N) is 1. The number of hydrogen-bond donors (Lipinski definition) is 1. The number of anilines is 2. The summed E-state index contributed by atoms with van der Waals surface area (Å²) in [5.41, 5.74) is 3.95. The third-order valence-corrected chi connectivity index (χ3v) is 4.92. The van der Waals surface area contributed by atoms with Crippen molar-refractivity contribution in [3.63, 3.8) is 0 Å². The number of pyridine rings is 1. The third kappa shape index (κ3) is 4.27. The van der Waals surface area contributed by atoms with E-state index in [0.717, 1.165) is 17.5 Å². The molecule has 6 heteroatoms. The zero-order valence-electron chi connectivity index (χ0n) is 16.7. The van der Waals surface area contributed by atoms with Crippen LogP contribution in [0.3, 0.4) is 0 Å². The molecule has 1 aliphatic rings. The Hall–Kier alpha value is -3.80. The van der Waals surface area contributed by atoms with Crippen LogP contribution < -0.4 is 10.2 Å². The molecule has 0 fully saturated rings. The molecule has 2 amide bonds. The molecule has 1 aliphatic heterocycles. The van der Waals surface area contributed by atoms with Gasteiger partial charge in [0.15, 0.2) is 5.82 Å². The molecule has 0 unspecified atom stereocenters. The van der Waals surface area contributed by atoms with Gasteiger partial charge in [-0.25, -0.2) is 9.98 Å². The number of nitrogens with zero attached hydrogens (tertiary/aromatic N) is 3. The van der Waals surface area contributed by atoms with Crippen molar-refractivity contribution in [2.45, 2.75) is 19.8 Å². The molecule has 0 saturated carbocycles. The third-order valence-electron chi connectivity index (χ3n) is 4.92. The van der Waals surface area contributed by atoms with Gasteiger partial charge in [0.1, 0.15) is 12.2 Å². The van der Waals surface area contributed by atoms with E-state index in [9.17, 15) is 9.59 Å². The predicted molar refractivity (Wildman–Crippen MR) is 118 cm³/mol. The molecule has 0 bridgehead atoms. The van der Waals surface area contributed by atoms with Gasteiger partial charge in [0.05, 0.1) is 12.1 Å². The van der Waals surface area contributed by atoms with Gasteiger partial charge in [-0.3, -0.25) is 14.5 Å². The number of aryl methyl sites for hydroxylation is 1. The van der Waals surface area contributed by atoms with Crippen LogP contribution in [0.2, 0.25) is 0 Å². The lowest BCUT2D eigenvalue weighted by Gasteiger charge is -2.20. The molecule has 150 valence electrons. The Labute approximate surface area is 175 Å². The summed E-state index contributed by atoms with van der Waals surface area (Å²) in [6, 6.07) is 20.8. The number of carbonyl (C=O) groups is 2. The highest BCUT2D eigenvalue weighted by Crippen LogP contribution is 2.30. The molecule has 0 radical (unpaired) electrons. The maximum absolute atomic E-state index is 13.1. The lowest BCUT2D eigenvalue weighted by Crippen LogP contribution is -2.39. The molecule has 1 N–H and O–H groups in total. The molecule has 30 heavy (non-hydrogen) atoms. The molecular formula is C24H22N4O2. The number of aromatic nitrogens is 1. The highest BCUT2D eigenvalue weighted by Gasteiger charge is 2.27. The summed E-state index contributed by atoms with van der Waals surface area (Å²) in [6.07, 6.45) is 2.58. The van der Waals surface area contributed by atoms with E-state index < -0.39 is 0 Å². The van der Waals surface area contributed by atoms with Crippen LogP contribution in [0.5, 0.6) is 0 Å². The Morgan fingerprint density at radius 2 is 1.90 bits per heavy atom. The summed E-state index contributed by atoms with van der Waals surface area (Å²) in [5, 5.41) is 2.88. The van der Waals surface area contributed by atoms with E-state index in [4.69, 9.17) is 0 Å². The van der Waals surface area contributed by atoms with Crippen LogP contribution >= 0.6 is 0 Å². The first-order valence-corrected chi connectivity index (χ1v) is 9.91. The molecule has 0 aliphatic carbocycles. The van der Waals surface area contributed by atoms with Gasteiger partial charge in [0, 0.05) is 11.9 Å². The van der Waals surface area contributed by atoms with E-state index in [-0.39, 0.29) is 24.8 Å². The quantitative estimate of drug-likeness (QED) is 0.702. The fraction of sp³-hybridized carbons (Fsp3) is 0.167. The predicted octanol–water partition coefficient (Wildman–Crippen LogP) is 4.14. The minimum absolute atomic E-state index is 0.0962. The average Bonchev–Trinajstić information content (AvgIpc) is 2.91. The SMILES string of the molecule is CCc1cccc(NC(=O)CN2C(=O)CC(c3ccccc3)=Nc3cccnc32)c1. The standard InChI is InChI=1S/C24H22N4O2/c1-2-17-8-6-11-19(14-17)26-22(29)16-28-23(30)15-21(18-9-4-3-5-10-18)27-20-12-7-13-25-24(20)28/h3-14H,2,15-16H2,1H3,(H,26,29). The molecule has 1 aromatic heterocycles. The van der Waals surface area contributed by atoms with E-state index in [0.29, 0.717) is 22.9 Å². The summed E-state index contributed by atoms with van der Waals surface area (Å²) >= 11 is 0. The van der Waals surface area contributed by atoms with E-state index in [2.05, 4.69) is 22.2 Å². The minimum atomic E-state index is -0.281. The first-order chi connectivity index (χ1) is 14.6.